The normalized spacial score (nSPS) is 16.9. The van der Waals surface area contributed by atoms with Gasteiger partial charge < -0.3 is 19.6 Å². The Labute approximate surface area is 213 Å². The number of urea groups is 1. The first kappa shape index (κ1) is 24.4. The van der Waals surface area contributed by atoms with Crippen molar-refractivity contribution in [2.75, 3.05) is 11.9 Å². The van der Waals surface area contributed by atoms with Crippen LogP contribution in [0, 0.1) is 0 Å². The monoisotopic (exact) mass is 505 g/mol. The maximum Gasteiger partial charge on any atom is 0.483 e. The van der Waals surface area contributed by atoms with Crippen molar-refractivity contribution < 1.29 is 14.5 Å². The highest BCUT2D eigenvalue weighted by Crippen LogP contribution is 2.37. The molecule has 1 aromatic carbocycles. The lowest BCUT2D eigenvalue weighted by atomic mass is 9.87. The number of carbonyl (C=O) groups is 1. The maximum atomic E-state index is 13.0. The Bertz CT molecular complexity index is 1370. The summed E-state index contributed by atoms with van der Waals surface area (Å²) in [6.45, 7) is 4.30. The fourth-order valence-corrected chi connectivity index (χ4v) is 5.10. The quantitative estimate of drug-likeness (QED) is 0.348. The number of amides is 2. The number of anilines is 1. The minimum absolute atomic E-state index is 0.186. The molecule has 11 heteroatoms. The summed E-state index contributed by atoms with van der Waals surface area (Å²) in [5.41, 5.74) is 4.40. The predicted molar refractivity (Wildman–Crippen MR) is 141 cm³/mol. The summed E-state index contributed by atoms with van der Waals surface area (Å²) in [6.07, 6.45) is 8.24. The number of nitrogens with one attached hydrogen (secondary N) is 2. The predicted octanol–water partition coefficient (Wildman–Crippen LogP) is 3.76. The number of aryl methyl sites for hydroxylation is 1. The number of benzene rings is 1. The van der Waals surface area contributed by atoms with E-state index in [-0.39, 0.29) is 30.3 Å². The Balaban J connectivity index is 1.38. The average Bonchev–Trinajstić information content (AvgIpc) is 3.54. The van der Waals surface area contributed by atoms with E-state index in [9.17, 15) is 14.6 Å². The average molecular weight is 505 g/mol. The molecule has 0 bridgehead atoms. The molecule has 0 saturated carbocycles. The summed E-state index contributed by atoms with van der Waals surface area (Å²) >= 11 is 1.16. The van der Waals surface area contributed by atoms with Crippen molar-refractivity contribution in [2.45, 2.75) is 50.2 Å². The fraction of sp³-hybridized carbons (Fsp3) is 0.320. The molecule has 0 fully saturated rings. The van der Waals surface area contributed by atoms with Crippen LogP contribution in [0.15, 0.2) is 64.6 Å². The molecular weight excluding hydrogens is 477 g/mol. The number of fused-ring (bicyclic) bond motifs is 1. The van der Waals surface area contributed by atoms with E-state index < -0.39 is 7.12 Å². The van der Waals surface area contributed by atoms with E-state index in [0.717, 1.165) is 53.6 Å². The van der Waals surface area contributed by atoms with E-state index in [1.165, 1.54) is 11.5 Å². The summed E-state index contributed by atoms with van der Waals surface area (Å²) in [7, 11) is -0.938. The van der Waals surface area contributed by atoms with Crippen LogP contribution < -0.4 is 15.6 Å². The molecule has 1 aliphatic heterocycles. The Morgan fingerprint density at radius 1 is 1.25 bits per heavy atom. The molecule has 3 heterocycles. The maximum absolute atomic E-state index is 13.0. The van der Waals surface area contributed by atoms with Crippen molar-refractivity contribution in [3.05, 3.63) is 76.3 Å². The second-order valence-corrected chi connectivity index (χ2v) is 10.0. The van der Waals surface area contributed by atoms with Crippen LogP contribution in [-0.4, -0.2) is 39.1 Å². The van der Waals surface area contributed by atoms with Crippen LogP contribution >= 0.6 is 11.9 Å². The molecule has 1 atom stereocenters. The van der Waals surface area contributed by atoms with Gasteiger partial charge >= 0.3 is 13.1 Å². The molecule has 3 aromatic rings. The molecule has 3 N–H and O–H groups in total. The van der Waals surface area contributed by atoms with Crippen molar-refractivity contribution >= 4 is 30.8 Å². The van der Waals surface area contributed by atoms with E-state index in [1.54, 1.807) is 22.9 Å². The van der Waals surface area contributed by atoms with Gasteiger partial charge in [-0.1, -0.05) is 24.2 Å². The van der Waals surface area contributed by atoms with Crippen molar-refractivity contribution in [1.82, 2.24) is 19.1 Å². The molecule has 2 aromatic heterocycles. The second kappa shape index (κ2) is 10.4. The summed E-state index contributed by atoms with van der Waals surface area (Å²) < 4.78 is 11.5. The number of nitrogens with zero attached hydrogens (tertiary/aromatic N) is 3. The smallest absolute Gasteiger partial charge is 0.423 e. The molecule has 2 amide bonds. The van der Waals surface area contributed by atoms with Gasteiger partial charge in [-0.3, -0.25) is 14.2 Å². The molecule has 186 valence electrons. The topological polar surface area (TPSA) is 110 Å². The van der Waals surface area contributed by atoms with Crippen LogP contribution in [0.25, 0.3) is 11.1 Å². The van der Waals surface area contributed by atoms with Crippen molar-refractivity contribution in [3.63, 3.8) is 0 Å². The summed E-state index contributed by atoms with van der Waals surface area (Å²) in [6, 6.07) is 8.96. The number of aromatic nitrogens is 3. The van der Waals surface area contributed by atoms with Crippen LogP contribution in [0.4, 0.5) is 10.5 Å². The third-order valence-electron chi connectivity index (χ3n) is 6.43. The third-order valence-corrected chi connectivity index (χ3v) is 7.15. The van der Waals surface area contributed by atoms with Crippen LogP contribution in [0.1, 0.15) is 43.5 Å². The molecule has 0 saturated heterocycles. The Morgan fingerprint density at radius 3 is 2.83 bits per heavy atom. The van der Waals surface area contributed by atoms with Gasteiger partial charge in [0.1, 0.15) is 5.03 Å². The molecule has 1 unspecified atom stereocenters. The summed E-state index contributed by atoms with van der Waals surface area (Å²) in [5, 5.41) is 17.7. The van der Waals surface area contributed by atoms with Crippen LogP contribution in [0.5, 0.6) is 0 Å². The minimum atomic E-state index is -0.938. The van der Waals surface area contributed by atoms with Crippen LogP contribution in [0.2, 0.25) is 0 Å². The standard InChI is InChI=1S/C25H28BN5O4S/c1-16(2)31-13-10-22(28-31)36-29-25(33)27-24-20-5-3-4-17(20)6-7-21(24)18-9-12-30(23(32)14-18)19-8-11-26(34)35-15-19/h6-14,16,19,34H,3-5,15H2,1-2H3,(H2,27,29,33). The Kier molecular flexibility index (Phi) is 7.04. The largest absolute Gasteiger partial charge is 0.483 e. The van der Waals surface area contributed by atoms with Crippen LogP contribution in [0.3, 0.4) is 0 Å². The molecule has 36 heavy (non-hydrogen) atoms. The van der Waals surface area contributed by atoms with Gasteiger partial charge in [0.15, 0.2) is 0 Å². The van der Waals surface area contributed by atoms with E-state index in [4.69, 9.17) is 4.65 Å². The lowest BCUT2D eigenvalue weighted by molar-refractivity contribution is 0.228. The van der Waals surface area contributed by atoms with E-state index in [1.807, 2.05) is 42.9 Å². The van der Waals surface area contributed by atoms with Crippen molar-refractivity contribution in [1.29, 1.82) is 0 Å². The SMILES string of the molecule is CC(C)n1ccc(SNC(=O)Nc2c(-c3ccn(C4C=CB(O)OC4)c(=O)c3)ccc3c2CCC3)n1. The lowest BCUT2D eigenvalue weighted by Crippen LogP contribution is -2.31. The molecule has 9 nitrogen and oxygen atoms in total. The van der Waals surface area contributed by atoms with Gasteiger partial charge in [0, 0.05) is 42.0 Å². The highest BCUT2D eigenvalue weighted by Gasteiger charge is 2.23. The zero-order chi connectivity index (χ0) is 25.2. The zero-order valence-electron chi connectivity index (χ0n) is 20.2. The summed E-state index contributed by atoms with van der Waals surface area (Å²) in [5.74, 6) is 1.53. The van der Waals surface area contributed by atoms with Gasteiger partial charge in [-0.15, -0.1) is 0 Å². The van der Waals surface area contributed by atoms with E-state index in [0.29, 0.717) is 5.03 Å². The second-order valence-electron chi connectivity index (χ2n) is 9.20. The number of carbonyl (C=O) groups excluding carboxylic acids is 1. The highest BCUT2D eigenvalue weighted by molar-refractivity contribution is 7.97. The molecule has 0 radical (unpaired) electrons. The minimum Gasteiger partial charge on any atom is -0.423 e. The van der Waals surface area contributed by atoms with Crippen LogP contribution in [-0.2, 0) is 17.5 Å². The van der Waals surface area contributed by atoms with Crippen molar-refractivity contribution in [2.24, 2.45) is 0 Å². The number of hydrogen-bond donors (Lipinski definition) is 3. The molecule has 0 spiro atoms. The zero-order valence-corrected chi connectivity index (χ0v) is 21.0. The van der Waals surface area contributed by atoms with Gasteiger partial charge in [0.05, 0.1) is 18.3 Å². The fourth-order valence-electron chi connectivity index (χ4n) is 4.59. The molecule has 2 aliphatic rings. The number of rotatable bonds is 6. The number of pyridine rings is 1. The molecule has 5 rings (SSSR count). The first-order valence-corrected chi connectivity index (χ1v) is 12.8. The van der Waals surface area contributed by atoms with Crippen molar-refractivity contribution in [3.8, 4) is 11.1 Å². The first-order chi connectivity index (χ1) is 17.4. The van der Waals surface area contributed by atoms with E-state index >= 15 is 0 Å². The van der Waals surface area contributed by atoms with Gasteiger partial charge in [-0.05, 0) is 61.9 Å². The van der Waals surface area contributed by atoms with Gasteiger partial charge in [0.2, 0.25) is 0 Å². The van der Waals surface area contributed by atoms with E-state index in [2.05, 4.69) is 21.2 Å². The highest BCUT2D eigenvalue weighted by atomic mass is 32.2. The third kappa shape index (κ3) is 5.13. The number of hydrogen-bond acceptors (Lipinski definition) is 6. The summed E-state index contributed by atoms with van der Waals surface area (Å²) in [4.78, 5) is 25.8. The lowest BCUT2D eigenvalue weighted by Gasteiger charge is -2.21. The molecular formula is C25H28BN5O4S. The van der Waals surface area contributed by atoms with Gasteiger partial charge in [0.25, 0.3) is 5.56 Å². The van der Waals surface area contributed by atoms with Gasteiger partial charge in [-0.2, -0.15) is 5.10 Å². The first-order valence-electron chi connectivity index (χ1n) is 12.0. The Morgan fingerprint density at radius 2 is 2.11 bits per heavy atom. The van der Waals surface area contributed by atoms with Gasteiger partial charge in [-0.25, -0.2) is 4.79 Å². The molecule has 1 aliphatic carbocycles. The Hall–Kier alpha value is -3.28.